The van der Waals surface area contributed by atoms with Crippen LogP contribution in [0.1, 0.15) is 42.6 Å². The van der Waals surface area contributed by atoms with Crippen LogP contribution in [0.15, 0.2) is 47.4 Å². The average molecular weight is 377 g/mol. The van der Waals surface area contributed by atoms with E-state index in [0.717, 1.165) is 5.56 Å². The van der Waals surface area contributed by atoms with Gasteiger partial charge in [0.25, 0.3) is 10.0 Å². The first kappa shape index (κ1) is 19.8. The van der Waals surface area contributed by atoms with Crippen LogP contribution in [0.4, 0.5) is 5.69 Å². The highest BCUT2D eigenvalue weighted by atomic mass is 32.2. The minimum absolute atomic E-state index is 0.115. The van der Waals surface area contributed by atoms with Gasteiger partial charge in [0.15, 0.2) is 0 Å². The largest absolute Gasteiger partial charge is 0.496 e. The lowest BCUT2D eigenvalue weighted by atomic mass is 10.0. The Morgan fingerprint density at radius 1 is 1.12 bits per heavy atom. The number of ether oxygens (including phenoxy) is 2. The van der Waals surface area contributed by atoms with E-state index in [2.05, 4.69) is 4.72 Å². The molecule has 7 heteroatoms. The Labute approximate surface area is 154 Å². The molecule has 0 aliphatic carbocycles. The number of sulfonamides is 1. The van der Waals surface area contributed by atoms with Crippen LogP contribution >= 0.6 is 0 Å². The molecule has 140 valence electrons. The van der Waals surface area contributed by atoms with Gasteiger partial charge in [-0.3, -0.25) is 4.72 Å². The first-order valence-electron chi connectivity index (χ1n) is 8.26. The second kappa shape index (κ2) is 8.23. The number of nitrogens with one attached hydrogen (secondary N) is 1. The number of hydrogen-bond donors (Lipinski definition) is 1. The number of rotatable bonds is 7. The topological polar surface area (TPSA) is 81.7 Å². The van der Waals surface area contributed by atoms with E-state index in [4.69, 9.17) is 9.47 Å². The van der Waals surface area contributed by atoms with Crippen molar-refractivity contribution in [3.05, 3.63) is 53.6 Å². The van der Waals surface area contributed by atoms with E-state index in [1.165, 1.54) is 30.3 Å². The molecule has 1 N–H and O–H groups in total. The number of benzene rings is 2. The molecule has 0 amide bonds. The molecule has 0 bridgehead atoms. The van der Waals surface area contributed by atoms with Crippen LogP contribution in [-0.4, -0.2) is 28.1 Å². The summed E-state index contributed by atoms with van der Waals surface area (Å²) in [6, 6.07) is 10.8. The standard InChI is InChI=1S/C19H23NO5S/c1-5-25-19(21)14-6-8-15(9-7-14)20-26(22,23)16-10-11-18(24-4)17(12-16)13(2)3/h6-13,20H,5H2,1-4H3. The van der Waals surface area contributed by atoms with Gasteiger partial charge in [0.05, 0.1) is 24.2 Å². The van der Waals surface area contributed by atoms with Gasteiger partial charge in [-0.1, -0.05) is 13.8 Å². The number of hydrogen-bond acceptors (Lipinski definition) is 5. The Morgan fingerprint density at radius 2 is 1.77 bits per heavy atom. The van der Waals surface area contributed by atoms with Crippen molar-refractivity contribution >= 4 is 21.7 Å². The minimum Gasteiger partial charge on any atom is -0.496 e. The van der Waals surface area contributed by atoms with E-state index in [-0.39, 0.29) is 17.4 Å². The number of carbonyl (C=O) groups is 1. The van der Waals surface area contributed by atoms with Gasteiger partial charge >= 0.3 is 5.97 Å². The van der Waals surface area contributed by atoms with Crippen molar-refractivity contribution in [2.75, 3.05) is 18.4 Å². The summed E-state index contributed by atoms with van der Waals surface area (Å²) >= 11 is 0. The smallest absolute Gasteiger partial charge is 0.338 e. The van der Waals surface area contributed by atoms with E-state index < -0.39 is 16.0 Å². The van der Waals surface area contributed by atoms with Crippen LogP contribution in [-0.2, 0) is 14.8 Å². The summed E-state index contributed by atoms with van der Waals surface area (Å²) in [6.45, 7) is 5.94. The minimum atomic E-state index is -3.76. The van der Waals surface area contributed by atoms with Gasteiger partial charge in [0.1, 0.15) is 5.75 Å². The summed E-state index contributed by atoms with van der Waals surface area (Å²) in [6.07, 6.45) is 0. The molecule has 2 rings (SSSR count). The van der Waals surface area contributed by atoms with Gasteiger partial charge in [0.2, 0.25) is 0 Å². The highest BCUT2D eigenvalue weighted by molar-refractivity contribution is 7.92. The summed E-state index contributed by atoms with van der Waals surface area (Å²) in [4.78, 5) is 11.8. The van der Waals surface area contributed by atoms with Crippen LogP contribution in [0, 0.1) is 0 Å². The summed E-state index contributed by atoms with van der Waals surface area (Å²) in [7, 11) is -2.21. The maximum Gasteiger partial charge on any atom is 0.338 e. The molecule has 2 aromatic rings. The molecule has 0 aliphatic heterocycles. The second-order valence-electron chi connectivity index (χ2n) is 5.96. The van der Waals surface area contributed by atoms with Crippen LogP contribution < -0.4 is 9.46 Å². The van der Waals surface area contributed by atoms with Gasteiger partial charge in [-0.05, 0) is 60.9 Å². The molecule has 26 heavy (non-hydrogen) atoms. The monoisotopic (exact) mass is 377 g/mol. The van der Waals surface area contributed by atoms with Crippen molar-refractivity contribution in [1.82, 2.24) is 0 Å². The number of methoxy groups -OCH3 is 1. The number of carbonyl (C=O) groups excluding carboxylic acids is 1. The van der Waals surface area contributed by atoms with E-state index in [9.17, 15) is 13.2 Å². The SMILES string of the molecule is CCOC(=O)c1ccc(NS(=O)(=O)c2ccc(OC)c(C(C)C)c2)cc1. The summed E-state index contributed by atoms with van der Waals surface area (Å²) in [5.74, 6) is 0.320. The van der Waals surface area contributed by atoms with Crippen molar-refractivity contribution in [2.24, 2.45) is 0 Å². The molecule has 0 spiro atoms. The number of anilines is 1. The summed E-state index contributed by atoms with van der Waals surface area (Å²) in [5.41, 5.74) is 1.54. The molecular weight excluding hydrogens is 354 g/mol. The average Bonchev–Trinajstić information content (AvgIpc) is 2.61. The zero-order valence-electron chi connectivity index (χ0n) is 15.3. The third-order valence-corrected chi connectivity index (χ3v) is 5.16. The third kappa shape index (κ3) is 4.54. The lowest BCUT2D eigenvalue weighted by molar-refractivity contribution is 0.0526. The molecule has 0 aromatic heterocycles. The normalized spacial score (nSPS) is 11.3. The molecule has 0 saturated heterocycles. The van der Waals surface area contributed by atoms with Gasteiger partial charge in [-0.15, -0.1) is 0 Å². The highest BCUT2D eigenvalue weighted by Crippen LogP contribution is 2.29. The summed E-state index contributed by atoms with van der Waals surface area (Å²) < 4.78 is 38.0. The Balaban J connectivity index is 2.26. The molecular formula is C19H23NO5S. The molecule has 0 aliphatic rings. The van der Waals surface area contributed by atoms with Crippen LogP contribution in [0.3, 0.4) is 0 Å². The van der Waals surface area contributed by atoms with E-state index >= 15 is 0 Å². The maximum atomic E-state index is 12.7. The first-order valence-corrected chi connectivity index (χ1v) is 9.74. The maximum absolute atomic E-state index is 12.7. The third-order valence-electron chi connectivity index (χ3n) is 3.78. The fraction of sp³-hybridized carbons (Fsp3) is 0.316. The predicted molar refractivity (Wildman–Crippen MR) is 100 cm³/mol. The van der Waals surface area contributed by atoms with E-state index in [1.807, 2.05) is 13.8 Å². The van der Waals surface area contributed by atoms with E-state index in [1.54, 1.807) is 26.2 Å². The highest BCUT2D eigenvalue weighted by Gasteiger charge is 2.18. The van der Waals surface area contributed by atoms with Crippen molar-refractivity contribution < 1.29 is 22.7 Å². The van der Waals surface area contributed by atoms with Crippen molar-refractivity contribution in [3.63, 3.8) is 0 Å². The second-order valence-corrected chi connectivity index (χ2v) is 7.64. The van der Waals surface area contributed by atoms with E-state index in [0.29, 0.717) is 17.0 Å². The molecule has 0 heterocycles. The fourth-order valence-corrected chi connectivity index (χ4v) is 3.53. The van der Waals surface area contributed by atoms with Gasteiger partial charge in [0, 0.05) is 5.69 Å². The van der Waals surface area contributed by atoms with Crippen LogP contribution in [0.5, 0.6) is 5.75 Å². The molecule has 6 nitrogen and oxygen atoms in total. The Morgan fingerprint density at radius 3 is 2.31 bits per heavy atom. The van der Waals surface area contributed by atoms with Gasteiger partial charge in [-0.2, -0.15) is 0 Å². The lowest BCUT2D eigenvalue weighted by Gasteiger charge is -2.14. The molecule has 0 atom stereocenters. The molecule has 0 unspecified atom stereocenters. The molecule has 0 saturated carbocycles. The quantitative estimate of drug-likeness (QED) is 0.742. The molecule has 0 radical (unpaired) electrons. The van der Waals surface area contributed by atoms with Crippen molar-refractivity contribution in [2.45, 2.75) is 31.6 Å². The number of esters is 1. The Kier molecular flexibility index (Phi) is 6.26. The molecule has 0 fully saturated rings. The Hall–Kier alpha value is -2.54. The van der Waals surface area contributed by atoms with Gasteiger partial charge in [-0.25, -0.2) is 13.2 Å². The van der Waals surface area contributed by atoms with Crippen molar-refractivity contribution in [3.8, 4) is 5.75 Å². The predicted octanol–water partition coefficient (Wildman–Crippen LogP) is 3.80. The molecule has 2 aromatic carbocycles. The zero-order chi connectivity index (χ0) is 19.3. The zero-order valence-corrected chi connectivity index (χ0v) is 16.1. The summed E-state index contributed by atoms with van der Waals surface area (Å²) in [5, 5.41) is 0. The fourth-order valence-electron chi connectivity index (χ4n) is 2.43. The first-order chi connectivity index (χ1) is 12.3. The lowest BCUT2D eigenvalue weighted by Crippen LogP contribution is -2.14. The van der Waals surface area contributed by atoms with Crippen LogP contribution in [0.25, 0.3) is 0 Å². The Bertz CT molecular complexity index is 873. The van der Waals surface area contributed by atoms with Crippen LogP contribution in [0.2, 0.25) is 0 Å². The van der Waals surface area contributed by atoms with Crippen molar-refractivity contribution in [1.29, 1.82) is 0 Å². The van der Waals surface area contributed by atoms with Gasteiger partial charge < -0.3 is 9.47 Å².